The minimum atomic E-state index is -0.178. The van der Waals surface area contributed by atoms with E-state index >= 15 is 0 Å². The number of aliphatic hydroxyl groups is 1. The molecule has 1 fully saturated rings. The second-order valence-electron chi connectivity index (χ2n) is 4.71. The monoisotopic (exact) mass is 235 g/mol. The molecule has 1 aromatic heterocycles. The molecule has 1 aliphatic rings. The average Bonchev–Trinajstić information content (AvgIpc) is 2.39. The lowest BCUT2D eigenvalue weighted by atomic mass is 9.92. The van der Waals surface area contributed by atoms with E-state index in [1.807, 2.05) is 26.2 Å². The molecule has 1 aliphatic heterocycles. The van der Waals surface area contributed by atoms with Crippen molar-refractivity contribution in [3.05, 3.63) is 18.3 Å². The van der Waals surface area contributed by atoms with Gasteiger partial charge in [-0.15, -0.1) is 0 Å². The summed E-state index contributed by atoms with van der Waals surface area (Å²) >= 11 is 0. The highest BCUT2D eigenvalue weighted by Crippen LogP contribution is 2.25. The molecule has 94 valence electrons. The maximum atomic E-state index is 9.58. The Morgan fingerprint density at radius 1 is 1.47 bits per heavy atom. The maximum Gasteiger partial charge on any atom is 0.127 e. The van der Waals surface area contributed by atoms with Crippen LogP contribution in [0.2, 0.25) is 0 Å². The summed E-state index contributed by atoms with van der Waals surface area (Å²) in [7, 11) is 1.88. The summed E-state index contributed by atoms with van der Waals surface area (Å²) in [6.07, 6.45) is 3.79. The number of piperidine rings is 1. The van der Waals surface area contributed by atoms with Gasteiger partial charge >= 0.3 is 0 Å². The predicted molar refractivity (Wildman–Crippen MR) is 70.4 cm³/mol. The number of nitrogens with zero attached hydrogens (tertiary/aromatic N) is 2. The number of hydrogen-bond acceptors (Lipinski definition) is 4. The first-order valence-electron chi connectivity index (χ1n) is 6.27. The standard InChI is InChI=1S/C13H21N3O/c1-10(17)11-4-7-16(8-5-11)12-3-6-15-13(9-12)14-2/h3,6,9-11,17H,4-5,7-8H2,1-2H3,(H,14,15). The third-order valence-electron chi connectivity index (χ3n) is 3.59. The largest absolute Gasteiger partial charge is 0.393 e. The van der Waals surface area contributed by atoms with Gasteiger partial charge in [0.25, 0.3) is 0 Å². The molecular formula is C13H21N3O. The summed E-state index contributed by atoms with van der Waals surface area (Å²) in [6, 6.07) is 4.12. The lowest BCUT2D eigenvalue weighted by Crippen LogP contribution is -2.37. The van der Waals surface area contributed by atoms with Gasteiger partial charge in [-0.2, -0.15) is 0 Å². The van der Waals surface area contributed by atoms with Crippen LogP contribution in [-0.4, -0.2) is 36.3 Å². The van der Waals surface area contributed by atoms with Gasteiger partial charge in [0.1, 0.15) is 5.82 Å². The third-order valence-corrected chi connectivity index (χ3v) is 3.59. The highest BCUT2D eigenvalue weighted by Gasteiger charge is 2.22. The molecular weight excluding hydrogens is 214 g/mol. The van der Waals surface area contributed by atoms with Crippen molar-refractivity contribution in [1.82, 2.24) is 4.98 Å². The van der Waals surface area contributed by atoms with Crippen molar-refractivity contribution >= 4 is 11.5 Å². The average molecular weight is 235 g/mol. The smallest absolute Gasteiger partial charge is 0.127 e. The molecule has 1 aromatic rings. The maximum absolute atomic E-state index is 9.58. The zero-order valence-electron chi connectivity index (χ0n) is 10.6. The van der Waals surface area contributed by atoms with Gasteiger partial charge in [-0.25, -0.2) is 4.98 Å². The first kappa shape index (κ1) is 12.2. The van der Waals surface area contributed by atoms with Crippen molar-refractivity contribution < 1.29 is 5.11 Å². The zero-order valence-corrected chi connectivity index (χ0v) is 10.6. The van der Waals surface area contributed by atoms with Gasteiger partial charge in [-0.05, 0) is 31.7 Å². The number of pyridine rings is 1. The molecule has 0 radical (unpaired) electrons. The summed E-state index contributed by atoms with van der Waals surface area (Å²) < 4.78 is 0. The molecule has 0 saturated carbocycles. The zero-order chi connectivity index (χ0) is 12.3. The van der Waals surface area contributed by atoms with Crippen LogP contribution in [0.25, 0.3) is 0 Å². The first-order valence-corrected chi connectivity index (χ1v) is 6.27. The van der Waals surface area contributed by atoms with Gasteiger partial charge in [-0.3, -0.25) is 0 Å². The Morgan fingerprint density at radius 2 is 2.18 bits per heavy atom. The van der Waals surface area contributed by atoms with Crippen LogP contribution in [-0.2, 0) is 0 Å². The fourth-order valence-corrected chi connectivity index (χ4v) is 2.39. The van der Waals surface area contributed by atoms with E-state index in [1.54, 1.807) is 0 Å². The second-order valence-corrected chi connectivity index (χ2v) is 4.71. The fraction of sp³-hybridized carbons (Fsp3) is 0.615. The molecule has 0 aromatic carbocycles. The molecule has 2 rings (SSSR count). The SMILES string of the molecule is CNc1cc(N2CCC(C(C)O)CC2)ccn1. The normalized spacial score (nSPS) is 19.1. The van der Waals surface area contributed by atoms with Crippen molar-refractivity contribution in [3.8, 4) is 0 Å². The Hall–Kier alpha value is -1.29. The van der Waals surface area contributed by atoms with E-state index in [4.69, 9.17) is 0 Å². The Kier molecular flexibility index (Phi) is 3.84. The molecule has 0 spiro atoms. The van der Waals surface area contributed by atoms with Crippen molar-refractivity contribution in [1.29, 1.82) is 0 Å². The van der Waals surface area contributed by atoms with Gasteiger partial charge in [0.05, 0.1) is 6.10 Å². The van der Waals surface area contributed by atoms with E-state index in [2.05, 4.69) is 21.3 Å². The first-order chi connectivity index (χ1) is 8.20. The Morgan fingerprint density at radius 3 is 2.76 bits per heavy atom. The number of nitrogens with one attached hydrogen (secondary N) is 1. The van der Waals surface area contributed by atoms with Crippen molar-refractivity contribution in [2.45, 2.75) is 25.9 Å². The third kappa shape index (κ3) is 2.88. The number of anilines is 2. The van der Waals surface area contributed by atoms with Crippen LogP contribution in [0.4, 0.5) is 11.5 Å². The fourth-order valence-electron chi connectivity index (χ4n) is 2.39. The number of rotatable bonds is 3. The van der Waals surface area contributed by atoms with Crippen LogP contribution >= 0.6 is 0 Å². The molecule has 1 unspecified atom stereocenters. The number of hydrogen-bond donors (Lipinski definition) is 2. The second kappa shape index (κ2) is 5.36. The summed E-state index contributed by atoms with van der Waals surface area (Å²) in [5, 5.41) is 12.6. The molecule has 4 nitrogen and oxygen atoms in total. The van der Waals surface area contributed by atoms with E-state index < -0.39 is 0 Å². The van der Waals surface area contributed by atoms with E-state index in [-0.39, 0.29) is 6.10 Å². The topological polar surface area (TPSA) is 48.4 Å². The lowest BCUT2D eigenvalue weighted by molar-refractivity contribution is 0.110. The van der Waals surface area contributed by atoms with Crippen LogP contribution in [0.3, 0.4) is 0 Å². The van der Waals surface area contributed by atoms with Gasteiger partial charge in [0.2, 0.25) is 0 Å². The summed E-state index contributed by atoms with van der Waals surface area (Å²) in [5.41, 5.74) is 1.22. The van der Waals surface area contributed by atoms with Crippen LogP contribution in [0, 0.1) is 5.92 Å². The summed E-state index contributed by atoms with van der Waals surface area (Å²) in [5.74, 6) is 1.36. The van der Waals surface area contributed by atoms with Crippen LogP contribution in [0.5, 0.6) is 0 Å². The molecule has 0 bridgehead atoms. The van der Waals surface area contributed by atoms with Crippen molar-refractivity contribution in [2.75, 3.05) is 30.4 Å². The quantitative estimate of drug-likeness (QED) is 0.837. The van der Waals surface area contributed by atoms with Crippen LogP contribution in [0.15, 0.2) is 18.3 Å². The van der Waals surface area contributed by atoms with Gasteiger partial charge < -0.3 is 15.3 Å². The van der Waals surface area contributed by atoms with E-state index in [0.29, 0.717) is 5.92 Å². The summed E-state index contributed by atoms with van der Waals surface area (Å²) in [4.78, 5) is 6.58. The molecule has 2 heterocycles. The van der Waals surface area contributed by atoms with E-state index in [9.17, 15) is 5.11 Å². The highest BCUT2D eigenvalue weighted by molar-refractivity contribution is 5.53. The predicted octanol–water partition coefficient (Wildman–Crippen LogP) is 1.72. The number of aromatic nitrogens is 1. The Labute approximate surface area is 103 Å². The molecule has 1 saturated heterocycles. The molecule has 0 amide bonds. The van der Waals surface area contributed by atoms with Crippen molar-refractivity contribution in [2.24, 2.45) is 5.92 Å². The lowest BCUT2D eigenvalue weighted by Gasteiger charge is -2.34. The molecule has 1 atom stereocenters. The highest BCUT2D eigenvalue weighted by atomic mass is 16.3. The molecule has 17 heavy (non-hydrogen) atoms. The minimum Gasteiger partial charge on any atom is -0.393 e. The van der Waals surface area contributed by atoms with Crippen LogP contribution in [0.1, 0.15) is 19.8 Å². The minimum absolute atomic E-state index is 0.178. The van der Waals surface area contributed by atoms with Gasteiger partial charge in [0, 0.05) is 38.1 Å². The van der Waals surface area contributed by atoms with Crippen molar-refractivity contribution in [3.63, 3.8) is 0 Å². The molecule has 2 N–H and O–H groups in total. The molecule has 4 heteroatoms. The van der Waals surface area contributed by atoms with Gasteiger partial charge in [0.15, 0.2) is 0 Å². The van der Waals surface area contributed by atoms with Crippen LogP contribution < -0.4 is 10.2 Å². The van der Waals surface area contributed by atoms with Gasteiger partial charge in [-0.1, -0.05) is 0 Å². The number of aliphatic hydroxyl groups excluding tert-OH is 1. The Balaban J connectivity index is 2.00. The van der Waals surface area contributed by atoms with E-state index in [0.717, 1.165) is 31.7 Å². The van der Waals surface area contributed by atoms with E-state index in [1.165, 1.54) is 5.69 Å². The Bertz CT molecular complexity index is 359. The molecule has 0 aliphatic carbocycles. The summed E-state index contributed by atoms with van der Waals surface area (Å²) in [6.45, 7) is 3.93.